The van der Waals surface area contributed by atoms with Gasteiger partial charge in [0.1, 0.15) is 0 Å². The van der Waals surface area contributed by atoms with E-state index in [-0.39, 0.29) is 12.4 Å². The summed E-state index contributed by atoms with van der Waals surface area (Å²) in [5.41, 5.74) is 8.75. The molecule has 2 N–H and O–H groups in total. The number of nitrogens with zero attached hydrogens (tertiary/aromatic N) is 3. The van der Waals surface area contributed by atoms with E-state index in [0.29, 0.717) is 13.1 Å². The van der Waals surface area contributed by atoms with Gasteiger partial charge in [-0.15, -0.1) is 22.6 Å². The zero-order valence-corrected chi connectivity index (χ0v) is 13.0. The van der Waals surface area contributed by atoms with E-state index in [1.165, 1.54) is 0 Å². The highest BCUT2D eigenvalue weighted by molar-refractivity contribution is 5.85. The summed E-state index contributed by atoms with van der Waals surface area (Å²) < 4.78 is 2.06. The van der Waals surface area contributed by atoms with E-state index in [4.69, 9.17) is 5.73 Å². The van der Waals surface area contributed by atoms with Crippen molar-refractivity contribution in [3.63, 3.8) is 0 Å². The van der Waals surface area contributed by atoms with Crippen LogP contribution < -0.4 is 5.73 Å². The molecule has 0 unspecified atom stereocenters. The second kappa shape index (κ2) is 7.20. The fourth-order valence-electron chi connectivity index (χ4n) is 2.37. The van der Waals surface area contributed by atoms with Gasteiger partial charge in [-0.3, -0.25) is 0 Å². The average Bonchev–Trinajstić information content (AvgIpc) is 2.92. The van der Waals surface area contributed by atoms with E-state index < -0.39 is 0 Å². The summed E-state index contributed by atoms with van der Waals surface area (Å²) >= 11 is 0. The average molecular weight is 314 g/mol. The Hall–Kier alpha value is -2.17. The summed E-state index contributed by atoms with van der Waals surface area (Å²) in [7, 11) is 0. The highest BCUT2D eigenvalue weighted by atomic mass is 35.5. The van der Waals surface area contributed by atoms with Gasteiger partial charge in [-0.05, 0) is 18.6 Å². The molecule has 3 aromatic rings. The van der Waals surface area contributed by atoms with Gasteiger partial charge >= 0.3 is 0 Å². The molecule has 0 saturated carbocycles. The second-order valence-corrected chi connectivity index (χ2v) is 4.85. The molecule has 0 fully saturated rings. The van der Waals surface area contributed by atoms with Crippen molar-refractivity contribution in [2.75, 3.05) is 6.54 Å². The highest BCUT2D eigenvalue weighted by Gasteiger charge is 2.14. The number of hydrogen-bond donors (Lipinski definition) is 1. The number of aromatic nitrogens is 3. The quantitative estimate of drug-likeness (QED) is 0.805. The zero-order valence-electron chi connectivity index (χ0n) is 12.1. The van der Waals surface area contributed by atoms with E-state index in [9.17, 15) is 0 Å². The summed E-state index contributed by atoms with van der Waals surface area (Å²) in [6, 6.07) is 18.0. The fraction of sp³-hybridized carbons (Fsp3) is 0.118. The lowest BCUT2D eigenvalue weighted by atomic mass is 10.1. The van der Waals surface area contributed by atoms with Crippen LogP contribution in [0.15, 0.2) is 54.6 Å². The molecule has 1 heterocycles. The van der Waals surface area contributed by atoms with Crippen LogP contribution in [0.25, 0.3) is 22.8 Å². The molecule has 0 aliphatic rings. The van der Waals surface area contributed by atoms with Crippen molar-refractivity contribution in [2.24, 2.45) is 5.73 Å². The van der Waals surface area contributed by atoms with E-state index in [0.717, 1.165) is 28.3 Å². The molecule has 0 spiro atoms. The largest absolute Gasteiger partial charge is 0.329 e. The Kier molecular flexibility index (Phi) is 5.31. The summed E-state index contributed by atoms with van der Waals surface area (Å²) in [6.07, 6.45) is 0. The van der Waals surface area contributed by atoms with Crippen LogP contribution in [0, 0.1) is 6.92 Å². The fourth-order valence-corrected chi connectivity index (χ4v) is 2.37. The highest BCUT2D eigenvalue weighted by Crippen LogP contribution is 2.24. The summed E-state index contributed by atoms with van der Waals surface area (Å²) in [5.74, 6) is 1.66. The zero-order chi connectivity index (χ0) is 14.7. The third-order valence-corrected chi connectivity index (χ3v) is 3.32. The van der Waals surface area contributed by atoms with Gasteiger partial charge in [-0.1, -0.05) is 48.5 Å². The van der Waals surface area contributed by atoms with Crippen LogP contribution in [0.1, 0.15) is 5.56 Å². The minimum absolute atomic E-state index is 0. The number of halogens is 1. The maximum absolute atomic E-state index is 5.75. The van der Waals surface area contributed by atoms with E-state index in [1.54, 1.807) is 0 Å². The third kappa shape index (κ3) is 3.18. The molecule has 0 amide bonds. The first kappa shape index (κ1) is 16.2. The van der Waals surface area contributed by atoms with Crippen molar-refractivity contribution >= 4 is 12.4 Å². The first-order valence-electron chi connectivity index (χ1n) is 6.90. The smallest absolute Gasteiger partial charge is 0.164 e. The number of nitrogens with two attached hydrogens (primary N) is 1. The maximum atomic E-state index is 5.75. The van der Waals surface area contributed by atoms with Gasteiger partial charge in [0, 0.05) is 24.2 Å². The lowest BCUT2D eigenvalue weighted by Crippen LogP contribution is -2.12. The summed E-state index contributed by atoms with van der Waals surface area (Å²) in [4.78, 5) is 0. The van der Waals surface area contributed by atoms with Gasteiger partial charge in [0.2, 0.25) is 0 Å². The molecule has 0 aliphatic carbocycles. The number of hydrogen-bond acceptors (Lipinski definition) is 3. The van der Waals surface area contributed by atoms with Crippen molar-refractivity contribution in [3.05, 3.63) is 67.1 Å². The van der Waals surface area contributed by atoms with E-state index in [2.05, 4.69) is 21.7 Å². The van der Waals surface area contributed by atoms with Crippen LogP contribution in [-0.2, 0) is 6.54 Å². The summed E-state index contributed by atoms with van der Waals surface area (Å²) in [5, 5.41) is 8.70. The lowest BCUT2D eigenvalue weighted by Gasteiger charge is -2.09. The molecule has 2 aromatic carbocycles. The minimum Gasteiger partial charge on any atom is -0.329 e. The molecule has 5 heteroatoms. The first-order chi connectivity index (χ1) is 10.3. The molecule has 1 radical (unpaired) electrons. The topological polar surface area (TPSA) is 56.7 Å². The van der Waals surface area contributed by atoms with E-state index >= 15 is 0 Å². The maximum Gasteiger partial charge on any atom is 0.164 e. The van der Waals surface area contributed by atoms with Crippen molar-refractivity contribution in [3.8, 4) is 22.8 Å². The predicted molar refractivity (Wildman–Crippen MR) is 91.7 cm³/mol. The molecule has 4 nitrogen and oxygen atoms in total. The van der Waals surface area contributed by atoms with Gasteiger partial charge in [0.05, 0.1) is 0 Å². The van der Waals surface area contributed by atoms with Crippen LogP contribution in [0.2, 0.25) is 0 Å². The van der Waals surface area contributed by atoms with Crippen LogP contribution >= 0.6 is 12.4 Å². The van der Waals surface area contributed by atoms with Crippen LogP contribution in [0.4, 0.5) is 0 Å². The minimum atomic E-state index is 0. The normalized spacial score (nSPS) is 10.3. The second-order valence-electron chi connectivity index (χ2n) is 4.85. The molecular formula is C17H18ClN4. The molecule has 0 aliphatic heterocycles. The molecule has 22 heavy (non-hydrogen) atoms. The standard InChI is InChI=1S/C17H17N4.ClH/c1-13-6-5-9-15(12-13)17-20-19-16(21(17)11-10-18)14-7-3-2-4-8-14;/h2-9,12H,1,10-11,18H2;1H. The molecule has 113 valence electrons. The Morgan fingerprint density at radius 2 is 1.55 bits per heavy atom. The molecular weight excluding hydrogens is 296 g/mol. The SMILES string of the molecule is Cl.[CH2]c1cccc(-c2nnc(-c3ccccc3)n2CCN)c1. The van der Waals surface area contributed by atoms with Crippen molar-refractivity contribution in [2.45, 2.75) is 6.54 Å². The van der Waals surface area contributed by atoms with Gasteiger partial charge in [0.25, 0.3) is 0 Å². The predicted octanol–water partition coefficient (Wildman–Crippen LogP) is 3.17. The molecule has 1 aromatic heterocycles. The molecule has 3 rings (SSSR count). The first-order valence-corrected chi connectivity index (χ1v) is 6.90. The Morgan fingerprint density at radius 3 is 2.18 bits per heavy atom. The van der Waals surface area contributed by atoms with Crippen molar-refractivity contribution < 1.29 is 0 Å². The van der Waals surface area contributed by atoms with Crippen LogP contribution in [0.5, 0.6) is 0 Å². The van der Waals surface area contributed by atoms with Gasteiger partial charge in [0.15, 0.2) is 11.6 Å². The number of benzene rings is 2. The molecule has 0 bridgehead atoms. The Morgan fingerprint density at radius 1 is 0.909 bits per heavy atom. The summed E-state index contributed by atoms with van der Waals surface area (Å²) in [6.45, 7) is 5.18. The van der Waals surface area contributed by atoms with Crippen LogP contribution in [0.3, 0.4) is 0 Å². The van der Waals surface area contributed by atoms with Crippen molar-refractivity contribution in [1.82, 2.24) is 14.8 Å². The Bertz CT molecular complexity index is 737. The van der Waals surface area contributed by atoms with Gasteiger partial charge in [-0.25, -0.2) is 0 Å². The molecule has 0 atom stereocenters. The monoisotopic (exact) mass is 313 g/mol. The lowest BCUT2D eigenvalue weighted by molar-refractivity contribution is 0.719. The van der Waals surface area contributed by atoms with Gasteiger partial charge in [-0.2, -0.15) is 0 Å². The Labute approximate surface area is 136 Å². The van der Waals surface area contributed by atoms with Crippen LogP contribution in [-0.4, -0.2) is 21.3 Å². The van der Waals surface area contributed by atoms with E-state index in [1.807, 2.05) is 54.6 Å². The number of rotatable bonds is 4. The molecule has 0 saturated heterocycles. The van der Waals surface area contributed by atoms with Crippen molar-refractivity contribution in [1.29, 1.82) is 0 Å². The Balaban J connectivity index is 0.00000176. The van der Waals surface area contributed by atoms with Gasteiger partial charge < -0.3 is 10.3 Å². The third-order valence-electron chi connectivity index (χ3n) is 3.32.